The third kappa shape index (κ3) is 4.28. The minimum absolute atomic E-state index is 0.255. The van der Waals surface area contributed by atoms with E-state index in [9.17, 15) is 9.59 Å². The van der Waals surface area contributed by atoms with Crippen LogP contribution in [0.4, 0.5) is 5.69 Å². The molecule has 1 aliphatic heterocycles. The number of halogens is 2. The van der Waals surface area contributed by atoms with E-state index >= 15 is 0 Å². The van der Waals surface area contributed by atoms with E-state index in [-0.39, 0.29) is 5.91 Å². The van der Waals surface area contributed by atoms with Crippen LogP contribution in [0.5, 0.6) is 11.5 Å². The van der Waals surface area contributed by atoms with Gasteiger partial charge in [-0.1, -0.05) is 23.2 Å². The summed E-state index contributed by atoms with van der Waals surface area (Å²) < 4.78 is 11.2. The zero-order valence-corrected chi connectivity index (χ0v) is 16.4. The lowest BCUT2D eigenvalue weighted by Gasteiger charge is -2.14. The Morgan fingerprint density at radius 2 is 1.78 bits per heavy atom. The quantitative estimate of drug-likeness (QED) is 0.829. The number of fused-ring (bicyclic) bond motifs is 1. The van der Waals surface area contributed by atoms with Gasteiger partial charge < -0.3 is 19.7 Å². The van der Waals surface area contributed by atoms with Gasteiger partial charge in [-0.2, -0.15) is 0 Å². The van der Waals surface area contributed by atoms with Gasteiger partial charge in [-0.15, -0.1) is 0 Å². The molecule has 6 nitrogen and oxygen atoms in total. The lowest BCUT2D eigenvalue weighted by atomic mass is 10.1. The molecule has 1 aliphatic rings. The van der Waals surface area contributed by atoms with Gasteiger partial charge in [0.15, 0.2) is 11.5 Å². The number of amides is 2. The Morgan fingerprint density at radius 3 is 2.52 bits per heavy atom. The second kappa shape index (κ2) is 8.06. The average Bonchev–Trinajstić information content (AvgIpc) is 2.88. The minimum atomic E-state index is -0.391. The molecule has 0 saturated heterocycles. The van der Waals surface area contributed by atoms with Crippen molar-refractivity contribution < 1.29 is 19.1 Å². The van der Waals surface area contributed by atoms with Crippen LogP contribution >= 0.6 is 23.2 Å². The van der Waals surface area contributed by atoms with Gasteiger partial charge >= 0.3 is 0 Å². The van der Waals surface area contributed by atoms with Crippen molar-refractivity contribution in [2.45, 2.75) is 6.42 Å². The smallest absolute Gasteiger partial charge is 0.255 e. The number of nitrogens with one attached hydrogen (secondary N) is 1. The number of ether oxygens (including phenoxy) is 2. The lowest BCUT2D eigenvalue weighted by Crippen LogP contribution is -2.22. The van der Waals surface area contributed by atoms with Crippen LogP contribution in [0.3, 0.4) is 0 Å². The predicted molar refractivity (Wildman–Crippen MR) is 104 cm³/mol. The number of nitrogens with zero attached hydrogens (tertiary/aromatic N) is 1. The van der Waals surface area contributed by atoms with Gasteiger partial charge in [0.25, 0.3) is 11.8 Å². The number of carbonyl (C=O) groups excluding carboxylic acids is 2. The van der Waals surface area contributed by atoms with E-state index < -0.39 is 5.91 Å². The molecule has 0 bridgehead atoms. The van der Waals surface area contributed by atoms with Gasteiger partial charge in [-0.25, -0.2) is 0 Å². The zero-order valence-electron chi connectivity index (χ0n) is 14.8. The molecule has 2 amide bonds. The molecule has 0 radical (unpaired) electrons. The van der Waals surface area contributed by atoms with Crippen molar-refractivity contribution >= 4 is 40.7 Å². The molecule has 1 heterocycles. The summed E-state index contributed by atoms with van der Waals surface area (Å²) in [6, 6.07) is 7.83. The van der Waals surface area contributed by atoms with Crippen LogP contribution in [0.15, 0.2) is 30.3 Å². The second-order valence-electron chi connectivity index (χ2n) is 6.18. The van der Waals surface area contributed by atoms with Crippen molar-refractivity contribution in [1.29, 1.82) is 0 Å². The summed E-state index contributed by atoms with van der Waals surface area (Å²) in [6.07, 6.45) is 0.736. The summed E-state index contributed by atoms with van der Waals surface area (Å²) >= 11 is 12.3. The monoisotopic (exact) mass is 408 g/mol. The topological polar surface area (TPSA) is 67.9 Å². The third-order valence-electron chi connectivity index (χ3n) is 3.93. The molecule has 0 saturated carbocycles. The molecule has 0 unspecified atom stereocenters. The van der Waals surface area contributed by atoms with Crippen molar-refractivity contribution in [2.24, 2.45) is 0 Å². The Morgan fingerprint density at radius 1 is 1.04 bits per heavy atom. The van der Waals surface area contributed by atoms with Crippen LogP contribution in [0.25, 0.3) is 0 Å². The maximum Gasteiger partial charge on any atom is 0.255 e. The number of benzene rings is 2. The Labute approximate surface area is 167 Å². The van der Waals surface area contributed by atoms with Gasteiger partial charge in [0.05, 0.1) is 28.8 Å². The predicted octanol–water partition coefficient (Wildman–Crippen LogP) is 4.11. The van der Waals surface area contributed by atoms with Crippen LogP contribution in [-0.2, 0) is 0 Å². The number of rotatable bonds is 3. The second-order valence-corrected chi connectivity index (χ2v) is 7.00. The van der Waals surface area contributed by atoms with Crippen molar-refractivity contribution in [3.05, 3.63) is 51.5 Å². The van der Waals surface area contributed by atoms with Crippen molar-refractivity contribution in [3.8, 4) is 11.5 Å². The fourth-order valence-corrected chi connectivity index (χ4v) is 3.04. The molecule has 0 atom stereocenters. The fourth-order valence-electron chi connectivity index (χ4n) is 2.57. The highest BCUT2D eigenvalue weighted by atomic mass is 35.5. The van der Waals surface area contributed by atoms with E-state index in [0.29, 0.717) is 51.6 Å². The summed E-state index contributed by atoms with van der Waals surface area (Å²) in [5.41, 5.74) is 1.06. The summed E-state index contributed by atoms with van der Waals surface area (Å²) in [5, 5.41) is 3.36. The Kier molecular flexibility index (Phi) is 5.77. The summed E-state index contributed by atoms with van der Waals surface area (Å²) in [7, 11) is 3.26. The Bertz CT molecular complexity index is 900. The first-order valence-corrected chi connectivity index (χ1v) is 9.04. The maximum absolute atomic E-state index is 12.6. The molecule has 1 N–H and O–H groups in total. The van der Waals surface area contributed by atoms with E-state index in [0.717, 1.165) is 6.42 Å². The van der Waals surface area contributed by atoms with E-state index in [1.54, 1.807) is 32.3 Å². The van der Waals surface area contributed by atoms with Crippen LogP contribution in [0.2, 0.25) is 10.0 Å². The van der Waals surface area contributed by atoms with Crippen LogP contribution in [-0.4, -0.2) is 44.0 Å². The third-order valence-corrected chi connectivity index (χ3v) is 4.54. The molecule has 8 heteroatoms. The number of carbonyl (C=O) groups is 2. The SMILES string of the molecule is CN(C)C(=O)c1cc(NC(=O)c2cc(Cl)c3c(c2)OCCCO3)ccc1Cl. The first-order chi connectivity index (χ1) is 12.9. The largest absolute Gasteiger partial charge is 0.489 e. The molecule has 2 aromatic carbocycles. The molecule has 0 spiro atoms. The molecule has 0 aromatic heterocycles. The van der Waals surface area contributed by atoms with Gasteiger partial charge in [0.1, 0.15) is 0 Å². The molecule has 142 valence electrons. The highest BCUT2D eigenvalue weighted by molar-refractivity contribution is 6.34. The minimum Gasteiger partial charge on any atom is -0.489 e. The molecular weight excluding hydrogens is 391 g/mol. The van der Waals surface area contributed by atoms with E-state index in [1.807, 2.05) is 0 Å². The molecule has 0 fully saturated rings. The lowest BCUT2D eigenvalue weighted by molar-refractivity contribution is 0.0827. The van der Waals surface area contributed by atoms with Crippen molar-refractivity contribution in [2.75, 3.05) is 32.6 Å². The van der Waals surface area contributed by atoms with Crippen molar-refractivity contribution in [3.63, 3.8) is 0 Å². The van der Waals surface area contributed by atoms with Gasteiger partial charge in [-0.05, 0) is 30.3 Å². The van der Waals surface area contributed by atoms with Crippen LogP contribution < -0.4 is 14.8 Å². The van der Waals surface area contributed by atoms with Crippen LogP contribution in [0.1, 0.15) is 27.1 Å². The highest BCUT2D eigenvalue weighted by Gasteiger charge is 2.19. The van der Waals surface area contributed by atoms with Gasteiger partial charge in [0, 0.05) is 31.8 Å². The van der Waals surface area contributed by atoms with Crippen molar-refractivity contribution in [1.82, 2.24) is 4.90 Å². The number of hydrogen-bond acceptors (Lipinski definition) is 4. The summed E-state index contributed by atoms with van der Waals surface area (Å²) in [6.45, 7) is 0.993. The molecule has 27 heavy (non-hydrogen) atoms. The van der Waals surface area contributed by atoms with E-state index in [4.69, 9.17) is 32.7 Å². The normalized spacial score (nSPS) is 12.9. The first-order valence-electron chi connectivity index (χ1n) is 8.28. The maximum atomic E-state index is 12.6. The molecule has 3 rings (SSSR count). The Balaban J connectivity index is 1.86. The van der Waals surface area contributed by atoms with Crippen LogP contribution in [0, 0.1) is 0 Å². The number of hydrogen-bond donors (Lipinski definition) is 1. The molecular formula is C19H18Cl2N2O4. The first kappa shape index (κ1) is 19.3. The van der Waals surface area contributed by atoms with E-state index in [1.165, 1.54) is 17.0 Å². The summed E-state index contributed by atoms with van der Waals surface area (Å²) in [5.74, 6) is 0.230. The molecule has 0 aliphatic carbocycles. The zero-order chi connectivity index (χ0) is 19.6. The number of anilines is 1. The standard InChI is InChI=1S/C19H18Cl2N2O4/c1-23(2)19(25)13-10-12(4-5-14(13)20)22-18(24)11-8-15(21)17-16(9-11)26-6-3-7-27-17/h4-5,8-10H,3,6-7H2,1-2H3,(H,22,24). The average molecular weight is 409 g/mol. The van der Waals surface area contributed by atoms with E-state index in [2.05, 4.69) is 5.32 Å². The summed E-state index contributed by atoms with van der Waals surface area (Å²) in [4.78, 5) is 26.2. The fraction of sp³-hybridized carbons (Fsp3) is 0.263. The Hall–Kier alpha value is -2.44. The highest BCUT2D eigenvalue weighted by Crippen LogP contribution is 2.38. The van der Waals surface area contributed by atoms with Gasteiger partial charge in [0.2, 0.25) is 0 Å². The van der Waals surface area contributed by atoms with Gasteiger partial charge in [-0.3, -0.25) is 9.59 Å². The molecule has 2 aromatic rings.